The van der Waals surface area contributed by atoms with E-state index in [1.807, 2.05) is 0 Å². The Balaban J connectivity index is 4.63. The first-order valence-corrected chi connectivity index (χ1v) is 7.86. The molecule has 7 unspecified atom stereocenters. The summed E-state index contributed by atoms with van der Waals surface area (Å²) in [6.45, 7) is 21.2. The summed E-state index contributed by atoms with van der Waals surface area (Å²) in [6.07, 6.45) is 0. The molecule has 0 bridgehead atoms. The number of rotatable bonds is 7. The van der Waals surface area contributed by atoms with Crippen LogP contribution < -0.4 is 5.73 Å². The molecule has 0 aliphatic carbocycles. The van der Waals surface area contributed by atoms with Crippen molar-refractivity contribution in [2.24, 2.45) is 47.2 Å². The van der Waals surface area contributed by atoms with Gasteiger partial charge in [-0.05, 0) is 48.3 Å². The molecule has 0 rings (SSSR count). The number of nitrogens with two attached hydrogens (primary N) is 1. The normalized spacial score (nSPS) is 24.2. The predicted molar refractivity (Wildman–Crippen MR) is 83.5 cm³/mol. The van der Waals surface area contributed by atoms with Gasteiger partial charge in [-0.2, -0.15) is 0 Å². The summed E-state index contributed by atoms with van der Waals surface area (Å²) in [4.78, 5) is 0. The van der Waals surface area contributed by atoms with Gasteiger partial charge in [0.1, 0.15) is 0 Å². The lowest BCUT2D eigenvalue weighted by Gasteiger charge is -2.38. The highest BCUT2D eigenvalue weighted by Gasteiger charge is 2.31. The maximum atomic E-state index is 6.06. The molecule has 0 aromatic rings. The van der Waals surface area contributed by atoms with Crippen LogP contribution in [0, 0.1) is 41.4 Å². The first-order valence-electron chi connectivity index (χ1n) is 7.86. The van der Waals surface area contributed by atoms with Crippen molar-refractivity contribution < 1.29 is 0 Å². The summed E-state index contributed by atoms with van der Waals surface area (Å²) < 4.78 is 0. The Labute approximate surface area is 116 Å². The zero-order valence-corrected chi connectivity index (χ0v) is 14.2. The standard InChI is InChI=1S/C17H37N/c1-10(2)11(3)12(4)13(5)14(6)15(7)16(8)17(9)18/h10-17H,18H2,1-9H3. The van der Waals surface area contributed by atoms with Crippen LogP contribution in [0.15, 0.2) is 0 Å². The van der Waals surface area contributed by atoms with Gasteiger partial charge in [-0.3, -0.25) is 0 Å². The first kappa shape index (κ1) is 18.0. The van der Waals surface area contributed by atoms with E-state index in [1.165, 1.54) is 0 Å². The van der Waals surface area contributed by atoms with Crippen LogP contribution in [0.1, 0.15) is 62.3 Å². The average Bonchev–Trinajstić information content (AvgIpc) is 2.32. The van der Waals surface area contributed by atoms with E-state index in [0.717, 1.165) is 29.6 Å². The van der Waals surface area contributed by atoms with Crippen LogP contribution in [0.3, 0.4) is 0 Å². The largest absolute Gasteiger partial charge is 0.328 e. The van der Waals surface area contributed by atoms with Crippen LogP contribution in [-0.4, -0.2) is 6.04 Å². The van der Waals surface area contributed by atoms with Gasteiger partial charge in [0.2, 0.25) is 0 Å². The second-order valence-corrected chi connectivity index (χ2v) is 7.26. The first-order chi connectivity index (χ1) is 8.11. The minimum Gasteiger partial charge on any atom is -0.328 e. The smallest absolute Gasteiger partial charge is 0.00387 e. The fraction of sp³-hybridized carbons (Fsp3) is 1.00. The van der Waals surface area contributed by atoms with Gasteiger partial charge in [-0.25, -0.2) is 0 Å². The fourth-order valence-corrected chi connectivity index (χ4v) is 3.00. The summed E-state index contributed by atoms with van der Waals surface area (Å²) in [6, 6.07) is 0.299. The van der Waals surface area contributed by atoms with Crippen molar-refractivity contribution in [1.82, 2.24) is 0 Å². The average molecular weight is 255 g/mol. The van der Waals surface area contributed by atoms with Crippen LogP contribution in [0.4, 0.5) is 0 Å². The highest BCUT2D eigenvalue weighted by Crippen LogP contribution is 2.36. The van der Waals surface area contributed by atoms with Gasteiger partial charge in [-0.15, -0.1) is 0 Å². The van der Waals surface area contributed by atoms with Crippen molar-refractivity contribution in [1.29, 1.82) is 0 Å². The molecule has 7 atom stereocenters. The molecule has 110 valence electrons. The summed E-state index contributed by atoms with van der Waals surface area (Å²) >= 11 is 0. The van der Waals surface area contributed by atoms with Gasteiger partial charge in [0, 0.05) is 6.04 Å². The molecule has 0 spiro atoms. The van der Waals surface area contributed by atoms with Crippen molar-refractivity contribution in [2.75, 3.05) is 0 Å². The molecule has 0 aliphatic rings. The van der Waals surface area contributed by atoms with Crippen molar-refractivity contribution in [3.05, 3.63) is 0 Å². The highest BCUT2D eigenvalue weighted by atomic mass is 14.6. The third kappa shape index (κ3) is 4.57. The van der Waals surface area contributed by atoms with Crippen molar-refractivity contribution in [3.8, 4) is 0 Å². The zero-order valence-electron chi connectivity index (χ0n) is 14.2. The van der Waals surface area contributed by atoms with Crippen LogP contribution in [0.5, 0.6) is 0 Å². The van der Waals surface area contributed by atoms with Gasteiger partial charge in [0.05, 0.1) is 0 Å². The molecule has 0 saturated heterocycles. The fourth-order valence-electron chi connectivity index (χ4n) is 3.00. The van der Waals surface area contributed by atoms with E-state index in [-0.39, 0.29) is 0 Å². The van der Waals surface area contributed by atoms with E-state index >= 15 is 0 Å². The molecule has 1 heteroatoms. The lowest BCUT2D eigenvalue weighted by atomic mass is 9.68. The van der Waals surface area contributed by atoms with E-state index in [0.29, 0.717) is 17.9 Å². The molecule has 0 aliphatic heterocycles. The Bertz CT molecular complexity index is 198. The molecule has 0 amide bonds. The second kappa shape index (κ2) is 7.53. The SMILES string of the molecule is CC(C)C(C)C(C)C(C)C(C)C(C)C(C)C(C)N. The van der Waals surface area contributed by atoms with E-state index < -0.39 is 0 Å². The molecule has 1 nitrogen and oxygen atoms in total. The predicted octanol–water partition coefficient (Wildman–Crippen LogP) is 4.81. The Morgan fingerprint density at radius 1 is 0.444 bits per heavy atom. The van der Waals surface area contributed by atoms with E-state index in [2.05, 4.69) is 62.3 Å². The highest BCUT2D eigenvalue weighted by molar-refractivity contribution is 4.81. The molecule has 0 aromatic carbocycles. The Hall–Kier alpha value is -0.0400. The van der Waals surface area contributed by atoms with Crippen LogP contribution in [0.25, 0.3) is 0 Å². The van der Waals surface area contributed by atoms with Gasteiger partial charge in [0.25, 0.3) is 0 Å². The summed E-state index contributed by atoms with van der Waals surface area (Å²) in [5, 5.41) is 0. The molecule has 0 radical (unpaired) electrons. The third-order valence-electron chi connectivity index (χ3n) is 6.03. The molecule has 0 saturated carbocycles. The molecule has 18 heavy (non-hydrogen) atoms. The van der Waals surface area contributed by atoms with Crippen molar-refractivity contribution in [2.45, 2.75) is 68.4 Å². The Kier molecular flexibility index (Phi) is 7.51. The molecular weight excluding hydrogens is 218 g/mol. The quantitative estimate of drug-likeness (QED) is 0.694. The zero-order chi connectivity index (χ0) is 14.6. The topological polar surface area (TPSA) is 26.0 Å². The van der Waals surface area contributed by atoms with E-state index in [4.69, 9.17) is 5.73 Å². The van der Waals surface area contributed by atoms with Gasteiger partial charge < -0.3 is 5.73 Å². The molecule has 0 fully saturated rings. The van der Waals surface area contributed by atoms with Crippen molar-refractivity contribution in [3.63, 3.8) is 0 Å². The minimum absolute atomic E-state index is 0.299. The lowest BCUT2D eigenvalue weighted by molar-refractivity contribution is 0.116. The van der Waals surface area contributed by atoms with Crippen LogP contribution >= 0.6 is 0 Å². The molecule has 2 N–H and O–H groups in total. The Morgan fingerprint density at radius 3 is 1.00 bits per heavy atom. The van der Waals surface area contributed by atoms with E-state index in [1.54, 1.807) is 0 Å². The van der Waals surface area contributed by atoms with Gasteiger partial charge in [0.15, 0.2) is 0 Å². The summed E-state index contributed by atoms with van der Waals surface area (Å²) in [5.74, 6) is 5.14. The second-order valence-electron chi connectivity index (χ2n) is 7.26. The Morgan fingerprint density at radius 2 is 0.722 bits per heavy atom. The summed E-state index contributed by atoms with van der Waals surface area (Å²) in [7, 11) is 0. The van der Waals surface area contributed by atoms with Gasteiger partial charge >= 0.3 is 0 Å². The third-order valence-corrected chi connectivity index (χ3v) is 6.03. The monoisotopic (exact) mass is 255 g/mol. The maximum Gasteiger partial charge on any atom is 0.00387 e. The van der Waals surface area contributed by atoms with Crippen molar-refractivity contribution >= 4 is 0 Å². The van der Waals surface area contributed by atoms with Gasteiger partial charge in [-0.1, -0.05) is 55.4 Å². The maximum absolute atomic E-state index is 6.06. The lowest BCUT2D eigenvalue weighted by Crippen LogP contribution is -2.36. The number of hydrogen-bond donors (Lipinski definition) is 1. The van der Waals surface area contributed by atoms with Crippen LogP contribution in [-0.2, 0) is 0 Å². The van der Waals surface area contributed by atoms with E-state index in [9.17, 15) is 0 Å². The summed E-state index contributed by atoms with van der Waals surface area (Å²) in [5.41, 5.74) is 6.06. The number of hydrogen-bond acceptors (Lipinski definition) is 1. The molecule has 0 heterocycles. The molecular formula is C17H37N. The minimum atomic E-state index is 0.299. The van der Waals surface area contributed by atoms with Crippen LogP contribution in [0.2, 0.25) is 0 Å². The molecule has 0 aromatic heterocycles.